The molecule has 5 heteroatoms. The fourth-order valence-corrected chi connectivity index (χ4v) is 1.47. The molecule has 0 rings (SSSR count). The third-order valence-electron chi connectivity index (χ3n) is 2.40. The van der Waals surface area contributed by atoms with Crippen LogP contribution in [0.15, 0.2) is 0 Å². The van der Waals surface area contributed by atoms with E-state index in [0.717, 1.165) is 19.3 Å². The van der Waals surface area contributed by atoms with Crippen LogP contribution in [0.3, 0.4) is 0 Å². The lowest BCUT2D eigenvalue weighted by molar-refractivity contribution is -0.152. The molecule has 1 unspecified atom stereocenters. The van der Waals surface area contributed by atoms with Gasteiger partial charge in [-0.25, -0.2) is 0 Å². The number of esters is 1. The summed E-state index contributed by atoms with van der Waals surface area (Å²) in [7, 11) is 0. The molecule has 0 fully saturated rings. The van der Waals surface area contributed by atoms with E-state index in [9.17, 15) is 9.59 Å². The number of unbranched alkanes of at least 4 members (excludes halogenated alkanes) is 1. The van der Waals surface area contributed by atoms with E-state index in [4.69, 9.17) is 14.9 Å². The zero-order valence-corrected chi connectivity index (χ0v) is 10.4. The van der Waals surface area contributed by atoms with Crippen molar-refractivity contribution in [1.29, 1.82) is 0 Å². The molecular formula is C12H22O5. The van der Waals surface area contributed by atoms with Crippen LogP contribution in [0.1, 0.15) is 51.9 Å². The summed E-state index contributed by atoms with van der Waals surface area (Å²) in [6, 6.07) is 0. The van der Waals surface area contributed by atoms with Crippen molar-refractivity contribution in [3.63, 3.8) is 0 Å². The first-order chi connectivity index (χ1) is 8.10. The second-order valence-electron chi connectivity index (χ2n) is 4.01. The van der Waals surface area contributed by atoms with E-state index in [1.54, 1.807) is 0 Å². The standard InChI is InChI=1S/C12H22O5/c1-2-3-5-10(6-4-9-13)17-12(16)8-7-11(14)15/h10,13H,2-9H2,1H3,(H,14,15). The molecule has 0 bridgehead atoms. The van der Waals surface area contributed by atoms with Crippen molar-refractivity contribution in [2.24, 2.45) is 0 Å². The maximum absolute atomic E-state index is 11.3. The number of aliphatic hydroxyl groups excluding tert-OH is 1. The Morgan fingerprint density at radius 2 is 1.82 bits per heavy atom. The predicted molar refractivity (Wildman–Crippen MR) is 62.6 cm³/mol. The Hall–Kier alpha value is -1.10. The van der Waals surface area contributed by atoms with E-state index in [-0.39, 0.29) is 25.6 Å². The van der Waals surface area contributed by atoms with Gasteiger partial charge in [-0.2, -0.15) is 0 Å². The molecule has 0 heterocycles. The van der Waals surface area contributed by atoms with Gasteiger partial charge in [0.2, 0.25) is 0 Å². The molecule has 0 aromatic heterocycles. The Morgan fingerprint density at radius 1 is 1.18 bits per heavy atom. The number of ether oxygens (including phenoxy) is 1. The topological polar surface area (TPSA) is 83.8 Å². The first-order valence-electron chi connectivity index (χ1n) is 6.12. The lowest BCUT2D eigenvalue weighted by Crippen LogP contribution is -2.19. The van der Waals surface area contributed by atoms with Crippen molar-refractivity contribution in [3.05, 3.63) is 0 Å². The molecule has 0 amide bonds. The van der Waals surface area contributed by atoms with Crippen molar-refractivity contribution in [3.8, 4) is 0 Å². The Balaban J connectivity index is 3.93. The molecule has 0 saturated heterocycles. The van der Waals surface area contributed by atoms with E-state index in [2.05, 4.69) is 6.92 Å². The van der Waals surface area contributed by atoms with Crippen LogP contribution in [0.2, 0.25) is 0 Å². The van der Waals surface area contributed by atoms with Gasteiger partial charge in [0.15, 0.2) is 0 Å². The highest BCUT2D eigenvalue weighted by atomic mass is 16.5. The van der Waals surface area contributed by atoms with Crippen molar-refractivity contribution in [2.45, 2.75) is 58.0 Å². The molecule has 0 spiro atoms. The van der Waals surface area contributed by atoms with Gasteiger partial charge in [0, 0.05) is 6.61 Å². The minimum absolute atomic E-state index is 0.0787. The molecule has 5 nitrogen and oxygen atoms in total. The molecular weight excluding hydrogens is 224 g/mol. The number of hydrogen-bond donors (Lipinski definition) is 2. The average molecular weight is 246 g/mol. The molecule has 0 radical (unpaired) electrons. The molecule has 0 aliphatic heterocycles. The lowest BCUT2D eigenvalue weighted by atomic mass is 10.1. The highest BCUT2D eigenvalue weighted by Crippen LogP contribution is 2.12. The fraction of sp³-hybridized carbons (Fsp3) is 0.833. The second kappa shape index (κ2) is 10.1. The first kappa shape index (κ1) is 15.9. The van der Waals surface area contributed by atoms with Gasteiger partial charge in [0.05, 0.1) is 12.8 Å². The molecule has 0 aliphatic carbocycles. The van der Waals surface area contributed by atoms with Crippen LogP contribution in [-0.4, -0.2) is 34.9 Å². The first-order valence-corrected chi connectivity index (χ1v) is 6.12. The van der Waals surface area contributed by atoms with Crippen LogP contribution >= 0.6 is 0 Å². The summed E-state index contributed by atoms with van der Waals surface area (Å²) in [4.78, 5) is 21.6. The third kappa shape index (κ3) is 9.81. The molecule has 100 valence electrons. The Morgan fingerprint density at radius 3 is 2.35 bits per heavy atom. The molecule has 0 aliphatic rings. The largest absolute Gasteiger partial charge is 0.481 e. The summed E-state index contributed by atoms with van der Waals surface area (Å²) in [6.07, 6.45) is 3.51. The average Bonchev–Trinajstić information content (AvgIpc) is 2.30. The van der Waals surface area contributed by atoms with E-state index >= 15 is 0 Å². The smallest absolute Gasteiger partial charge is 0.306 e. The summed E-state index contributed by atoms with van der Waals surface area (Å²) >= 11 is 0. The number of carbonyl (C=O) groups excluding carboxylic acids is 1. The number of carboxylic acids is 1. The summed E-state index contributed by atoms with van der Waals surface area (Å²) in [6.45, 7) is 2.13. The Bertz CT molecular complexity index is 219. The van der Waals surface area contributed by atoms with E-state index < -0.39 is 11.9 Å². The van der Waals surface area contributed by atoms with Crippen molar-refractivity contribution in [1.82, 2.24) is 0 Å². The van der Waals surface area contributed by atoms with Crippen LogP contribution in [0.4, 0.5) is 0 Å². The van der Waals surface area contributed by atoms with Gasteiger partial charge < -0.3 is 14.9 Å². The predicted octanol–water partition coefficient (Wildman–Crippen LogP) is 1.73. The molecule has 0 saturated carbocycles. The molecule has 2 N–H and O–H groups in total. The monoisotopic (exact) mass is 246 g/mol. The summed E-state index contributed by atoms with van der Waals surface area (Å²) in [5.41, 5.74) is 0. The van der Waals surface area contributed by atoms with Crippen LogP contribution in [0.5, 0.6) is 0 Å². The van der Waals surface area contributed by atoms with Crippen LogP contribution < -0.4 is 0 Å². The second-order valence-corrected chi connectivity index (χ2v) is 4.01. The number of carboxylic acid groups (broad SMARTS) is 1. The summed E-state index contributed by atoms with van der Waals surface area (Å²) < 4.78 is 5.19. The van der Waals surface area contributed by atoms with Gasteiger partial charge in [0.1, 0.15) is 6.10 Å². The quantitative estimate of drug-likeness (QED) is 0.573. The number of carbonyl (C=O) groups is 2. The molecule has 1 atom stereocenters. The lowest BCUT2D eigenvalue weighted by Gasteiger charge is -2.17. The summed E-state index contributed by atoms with van der Waals surface area (Å²) in [5, 5.41) is 17.2. The van der Waals surface area contributed by atoms with Gasteiger partial charge in [-0.3, -0.25) is 9.59 Å². The fourth-order valence-electron chi connectivity index (χ4n) is 1.47. The SMILES string of the molecule is CCCCC(CCCO)OC(=O)CCC(=O)O. The Kier molecular flexibility index (Phi) is 9.43. The van der Waals surface area contributed by atoms with Crippen LogP contribution in [-0.2, 0) is 14.3 Å². The Labute approximate surface area is 102 Å². The summed E-state index contributed by atoms with van der Waals surface area (Å²) in [5.74, 6) is -1.46. The van der Waals surface area contributed by atoms with Crippen LogP contribution in [0.25, 0.3) is 0 Å². The van der Waals surface area contributed by atoms with E-state index in [0.29, 0.717) is 12.8 Å². The van der Waals surface area contributed by atoms with Gasteiger partial charge in [-0.1, -0.05) is 19.8 Å². The zero-order valence-electron chi connectivity index (χ0n) is 10.4. The minimum Gasteiger partial charge on any atom is -0.481 e. The van der Waals surface area contributed by atoms with E-state index in [1.165, 1.54) is 0 Å². The van der Waals surface area contributed by atoms with Gasteiger partial charge in [0.25, 0.3) is 0 Å². The maximum Gasteiger partial charge on any atom is 0.306 e. The van der Waals surface area contributed by atoms with Gasteiger partial charge >= 0.3 is 11.9 Å². The van der Waals surface area contributed by atoms with Crippen molar-refractivity contribution < 1.29 is 24.5 Å². The number of aliphatic hydroxyl groups is 1. The van der Waals surface area contributed by atoms with Gasteiger partial charge in [-0.05, 0) is 19.3 Å². The minimum atomic E-state index is -0.998. The molecule has 0 aromatic carbocycles. The van der Waals surface area contributed by atoms with Crippen LogP contribution in [0, 0.1) is 0 Å². The maximum atomic E-state index is 11.3. The molecule has 0 aromatic rings. The molecule has 17 heavy (non-hydrogen) atoms. The third-order valence-corrected chi connectivity index (χ3v) is 2.40. The van der Waals surface area contributed by atoms with Crippen molar-refractivity contribution >= 4 is 11.9 Å². The van der Waals surface area contributed by atoms with Crippen molar-refractivity contribution in [2.75, 3.05) is 6.61 Å². The zero-order chi connectivity index (χ0) is 13.1. The number of aliphatic carboxylic acids is 1. The highest BCUT2D eigenvalue weighted by Gasteiger charge is 2.14. The van der Waals surface area contributed by atoms with Gasteiger partial charge in [-0.15, -0.1) is 0 Å². The van der Waals surface area contributed by atoms with E-state index in [1.807, 2.05) is 0 Å². The number of rotatable bonds is 10. The number of hydrogen-bond acceptors (Lipinski definition) is 4. The normalized spacial score (nSPS) is 12.1. The highest BCUT2D eigenvalue weighted by molar-refractivity contribution is 5.76.